The van der Waals surface area contributed by atoms with Gasteiger partial charge in [-0.05, 0) is 49.6 Å². The average molecular weight is 345 g/mol. The summed E-state index contributed by atoms with van der Waals surface area (Å²) in [5.74, 6) is 0.902. The van der Waals surface area contributed by atoms with E-state index < -0.39 is 0 Å². The molecule has 1 unspecified atom stereocenters. The molecule has 0 aromatic heterocycles. The average Bonchev–Trinajstić information content (AvgIpc) is 2.40. The van der Waals surface area contributed by atoms with E-state index in [9.17, 15) is 0 Å². The lowest BCUT2D eigenvalue weighted by atomic mass is 10.0. The van der Waals surface area contributed by atoms with Gasteiger partial charge in [-0.3, -0.25) is 0 Å². The molecule has 1 heterocycles. The first kappa shape index (κ1) is 12.7. The molecule has 0 radical (unpaired) electrons. The fourth-order valence-corrected chi connectivity index (χ4v) is 2.35. The van der Waals surface area contributed by atoms with Gasteiger partial charge in [-0.2, -0.15) is 0 Å². The Morgan fingerprint density at radius 1 is 1.41 bits per heavy atom. The topological polar surface area (TPSA) is 30.8 Å². The van der Waals surface area contributed by atoms with Crippen LogP contribution in [0.5, 0.6) is 5.75 Å². The van der Waals surface area contributed by atoms with E-state index in [0.29, 0.717) is 6.61 Å². The van der Waals surface area contributed by atoms with E-state index in [1.165, 1.54) is 0 Å². The Labute approximate surface area is 115 Å². The van der Waals surface area contributed by atoms with Crippen molar-refractivity contribution in [3.05, 3.63) is 29.8 Å². The molecule has 17 heavy (non-hydrogen) atoms. The number of rotatable bonds is 4. The summed E-state index contributed by atoms with van der Waals surface area (Å²) in [6, 6.07) is 8.03. The van der Waals surface area contributed by atoms with Crippen LogP contribution in [0.15, 0.2) is 29.4 Å². The normalized spacial score (nSPS) is 19.4. The van der Waals surface area contributed by atoms with Gasteiger partial charge in [0.25, 0.3) is 0 Å². The maximum Gasteiger partial charge on any atom is 0.136 e. The van der Waals surface area contributed by atoms with Crippen LogP contribution in [0.1, 0.15) is 25.3 Å². The zero-order valence-electron chi connectivity index (χ0n) is 9.86. The number of hydrogen-bond donors (Lipinski definition) is 0. The minimum atomic E-state index is 0.280. The van der Waals surface area contributed by atoms with E-state index in [4.69, 9.17) is 9.57 Å². The van der Waals surface area contributed by atoms with E-state index in [1.54, 1.807) is 0 Å². The number of benzene rings is 1. The van der Waals surface area contributed by atoms with E-state index in [-0.39, 0.29) is 6.10 Å². The second-order valence-electron chi connectivity index (χ2n) is 3.92. The molecule has 1 aliphatic rings. The molecule has 1 aliphatic heterocycles. The molecule has 1 atom stereocenters. The van der Waals surface area contributed by atoms with Crippen molar-refractivity contribution in [2.45, 2.75) is 25.9 Å². The second-order valence-corrected chi connectivity index (χ2v) is 4.80. The highest BCUT2D eigenvalue weighted by Gasteiger charge is 2.17. The number of oxime groups is 1. The third-order valence-corrected chi connectivity index (χ3v) is 3.67. The molecule has 1 aromatic carbocycles. The summed E-state index contributed by atoms with van der Waals surface area (Å²) in [5, 5.41) is 4.20. The molecular weight excluding hydrogens is 329 g/mol. The SMILES string of the molecule is CCOc1ccc(C2=NOC(CI)CC2)cc1. The third-order valence-electron chi connectivity index (χ3n) is 2.69. The van der Waals surface area contributed by atoms with Crippen molar-refractivity contribution in [1.29, 1.82) is 0 Å². The van der Waals surface area contributed by atoms with E-state index in [1.807, 2.05) is 31.2 Å². The Morgan fingerprint density at radius 2 is 2.18 bits per heavy atom. The summed E-state index contributed by atoms with van der Waals surface area (Å²) in [4.78, 5) is 5.42. The van der Waals surface area contributed by atoms with Gasteiger partial charge in [0.2, 0.25) is 0 Å². The van der Waals surface area contributed by atoms with Crippen molar-refractivity contribution in [3.63, 3.8) is 0 Å². The van der Waals surface area contributed by atoms with Gasteiger partial charge < -0.3 is 9.57 Å². The van der Waals surface area contributed by atoms with Crippen molar-refractivity contribution < 1.29 is 9.57 Å². The standard InChI is InChI=1S/C13H16INO2/c1-2-16-11-5-3-10(4-6-11)13-8-7-12(9-14)17-15-13/h3-6,12H,2,7-9H2,1H3. The lowest BCUT2D eigenvalue weighted by molar-refractivity contribution is 0.0626. The summed E-state index contributed by atoms with van der Waals surface area (Å²) in [6.45, 7) is 2.68. The van der Waals surface area contributed by atoms with Crippen LogP contribution in [0.25, 0.3) is 0 Å². The Hall–Kier alpha value is -0.780. The predicted octanol–water partition coefficient (Wildman–Crippen LogP) is 3.40. The summed E-state index contributed by atoms with van der Waals surface area (Å²) in [6.07, 6.45) is 2.32. The predicted molar refractivity (Wildman–Crippen MR) is 77.1 cm³/mol. The summed E-state index contributed by atoms with van der Waals surface area (Å²) < 4.78 is 6.41. The van der Waals surface area contributed by atoms with E-state index in [0.717, 1.165) is 34.3 Å². The van der Waals surface area contributed by atoms with Gasteiger partial charge in [0, 0.05) is 4.43 Å². The number of hydrogen-bond acceptors (Lipinski definition) is 3. The summed E-state index contributed by atoms with van der Waals surface area (Å²) in [5.41, 5.74) is 2.16. The van der Waals surface area contributed by atoms with Crippen molar-refractivity contribution in [2.24, 2.45) is 5.16 Å². The zero-order chi connectivity index (χ0) is 12.1. The molecule has 3 nitrogen and oxygen atoms in total. The molecule has 0 fully saturated rings. The van der Waals surface area contributed by atoms with Crippen LogP contribution in [-0.4, -0.2) is 22.9 Å². The van der Waals surface area contributed by atoms with Crippen molar-refractivity contribution in [1.82, 2.24) is 0 Å². The van der Waals surface area contributed by atoms with Gasteiger partial charge in [0.05, 0.1) is 12.3 Å². The molecule has 4 heteroatoms. The highest BCUT2D eigenvalue weighted by molar-refractivity contribution is 14.1. The second kappa shape index (κ2) is 6.23. The van der Waals surface area contributed by atoms with Crippen LogP contribution < -0.4 is 4.74 Å². The molecule has 0 bridgehead atoms. The number of ether oxygens (including phenoxy) is 1. The highest BCUT2D eigenvalue weighted by atomic mass is 127. The van der Waals surface area contributed by atoms with Gasteiger partial charge in [-0.25, -0.2) is 0 Å². The summed E-state index contributed by atoms with van der Waals surface area (Å²) in [7, 11) is 0. The number of halogens is 1. The molecule has 0 N–H and O–H groups in total. The van der Waals surface area contributed by atoms with Crippen LogP contribution in [0, 0.1) is 0 Å². The van der Waals surface area contributed by atoms with E-state index >= 15 is 0 Å². The van der Waals surface area contributed by atoms with Crippen LogP contribution in [0.2, 0.25) is 0 Å². The molecule has 0 spiro atoms. The Kier molecular flexibility index (Phi) is 4.65. The molecule has 92 valence electrons. The Balaban J connectivity index is 2.05. The van der Waals surface area contributed by atoms with E-state index in [2.05, 4.69) is 27.7 Å². The van der Waals surface area contributed by atoms with Crippen LogP contribution in [-0.2, 0) is 4.84 Å². The van der Waals surface area contributed by atoms with Gasteiger partial charge in [-0.1, -0.05) is 27.7 Å². The monoisotopic (exact) mass is 345 g/mol. The highest BCUT2D eigenvalue weighted by Crippen LogP contribution is 2.19. The molecule has 0 saturated heterocycles. The first-order valence-corrected chi connectivity index (χ1v) is 7.38. The number of alkyl halides is 1. The fourth-order valence-electron chi connectivity index (χ4n) is 1.75. The van der Waals surface area contributed by atoms with Crippen molar-refractivity contribution >= 4 is 28.3 Å². The molecule has 2 rings (SSSR count). The first-order valence-electron chi connectivity index (χ1n) is 5.85. The largest absolute Gasteiger partial charge is 0.494 e. The molecule has 0 amide bonds. The van der Waals surface area contributed by atoms with Gasteiger partial charge in [0.15, 0.2) is 0 Å². The van der Waals surface area contributed by atoms with Gasteiger partial charge in [-0.15, -0.1) is 0 Å². The quantitative estimate of drug-likeness (QED) is 0.619. The molecular formula is C13H16INO2. The third kappa shape index (κ3) is 3.34. The van der Waals surface area contributed by atoms with Gasteiger partial charge >= 0.3 is 0 Å². The van der Waals surface area contributed by atoms with Gasteiger partial charge in [0.1, 0.15) is 11.9 Å². The summed E-state index contributed by atoms with van der Waals surface area (Å²) >= 11 is 2.33. The zero-order valence-corrected chi connectivity index (χ0v) is 12.0. The maximum absolute atomic E-state index is 5.42. The van der Waals surface area contributed by atoms with Crippen molar-refractivity contribution in [2.75, 3.05) is 11.0 Å². The fraction of sp³-hybridized carbons (Fsp3) is 0.462. The Bertz CT molecular complexity index is 389. The Morgan fingerprint density at radius 3 is 2.71 bits per heavy atom. The minimum Gasteiger partial charge on any atom is -0.494 e. The lowest BCUT2D eigenvalue weighted by Crippen LogP contribution is -2.20. The first-order chi connectivity index (χ1) is 8.33. The van der Waals surface area contributed by atoms with Crippen molar-refractivity contribution in [3.8, 4) is 5.75 Å². The maximum atomic E-state index is 5.42. The molecule has 0 aliphatic carbocycles. The lowest BCUT2D eigenvalue weighted by Gasteiger charge is -2.19. The molecule has 1 aromatic rings. The molecule has 0 saturated carbocycles. The van der Waals surface area contributed by atoms with Crippen LogP contribution in [0.3, 0.4) is 0 Å². The van der Waals surface area contributed by atoms with Crippen LogP contribution >= 0.6 is 22.6 Å². The minimum absolute atomic E-state index is 0.280. The number of nitrogens with zero attached hydrogens (tertiary/aromatic N) is 1. The smallest absolute Gasteiger partial charge is 0.136 e. The van der Waals surface area contributed by atoms with Crippen LogP contribution in [0.4, 0.5) is 0 Å².